The average Bonchev–Trinajstić information content (AvgIpc) is 3.27. The molecule has 2 aliphatic carbocycles. The molecule has 2 aromatic rings. The molecule has 5 rings (SSSR count). The molecule has 1 aromatic carbocycles. The Morgan fingerprint density at radius 2 is 2.11 bits per heavy atom. The van der Waals surface area contributed by atoms with Crippen LogP contribution in [0.4, 0.5) is 23.1 Å². The number of rotatable bonds is 3. The van der Waals surface area contributed by atoms with E-state index in [2.05, 4.69) is 41.2 Å². The predicted octanol–water partition coefficient (Wildman–Crippen LogP) is 3.95. The first kappa shape index (κ1) is 17.2. The van der Waals surface area contributed by atoms with E-state index in [-0.39, 0.29) is 5.78 Å². The van der Waals surface area contributed by atoms with Crippen LogP contribution >= 0.6 is 0 Å². The molecule has 0 saturated heterocycles. The van der Waals surface area contributed by atoms with E-state index in [4.69, 9.17) is 4.98 Å². The summed E-state index contributed by atoms with van der Waals surface area (Å²) < 4.78 is 0. The van der Waals surface area contributed by atoms with Gasteiger partial charge < -0.3 is 5.32 Å². The second-order valence-electron chi connectivity index (χ2n) is 8.01. The number of nitrogens with zero attached hydrogens (tertiary/aromatic N) is 3. The van der Waals surface area contributed by atoms with Crippen LogP contribution in [0.2, 0.25) is 0 Å². The molecule has 144 valence electrons. The second-order valence-corrected chi connectivity index (χ2v) is 8.01. The maximum absolute atomic E-state index is 11.8. The number of hydrazine groups is 2. The summed E-state index contributed by atoms with van der Waals surface area (Å²) in [5.74, 6) is 2.93. The largest absolute Gasteiger partial charge is 0.324 e. The molecule has 3 N–H and O–H groups in total. The zero-order valence-electron chi connectivity index (χ0n) is 16.1. The number of aromatic nitrogens is 2. The van der Waals surface area contributed by atoms with Crippen molar-refractivity contribution in [2.75, 3.05) is 15.8 Å². The highest BCUT2D eigenvalue weighted by molar-refractivity contribution is 6.00. The van der Waals surface area contributed by atoms with Crippen LogP contribution in [0.15, 0.2) is 36.2 Å². The third-order valence-electron chi connectivity index (χ3n) is 6.08. The van der Waals surface area contributed by atoms with Crippen molar-refractivity contribution in [3.8, 4) is 0 Å². The van der Waals surface area contributed by atoms with Gasteiger partial charge in [0.05, 0.1) is 6.20 Å². The summed E-state index contributed by atoms with van der Waals surface area (Å²) in [6, 6.07) is 5.84. The second kappa shape index (κ2) is 6.60. The van der Waals surface area contributed by atoms with Crippen LogP contribution in [0.5, 0.6) is 0 Å². The molecular weight excluding hydrogens is 352 g/mol. The molecule has 3 aliphatic rings. The molecule has 7 nitrogen and oxygen atoms in total. The van der Waals surface area contributed by atoms with E-state index in [0.717, 1.165) is 47.6 Å². The van der Waals surface area contributed by atoms with Crippen LogP contribution in [0, 0.1) is 11.8 Å². The lowest BCUT2D eigenvalue weighted by atomic mass is 9.84. The molecule has 0 saturated carbocycles. The van der Waals surface area contributed by atoms with Crippen LogP contribution in [0.3, 0.4) is 0 Å². The fourth-order valence-corrected chi connectivity index (χ4v) is 4.08. The van der Waals surface area contributed by atoms with Crippen molar-refractivity contribution in [1.82, 2.24) is 15.5 Å². The topological polar surface area (TPSA) is 82.2 Å². The third kappa shape index (κ3) is 2.92. The Morgan fingerprint density at radius 3 is 2.96 bits per heavy atom. The van der Waals surface area contributed by atoms with Crippen LogP contribution in [-0.2, 0) is 6.42 Å². The number of carbonyl (C=O) groups excluding carboxylic acids is 1. The van der Waals surface area contributed by atoms with Crippen LogP contribution in [-0.4, -0.2) is 15.8 Å². The molecule has 1 aliphatic heterocycles. The lowest BCUT2D eigenvalue weighted by Crippen LogP contribution is -2.37. The van der Waals surface area contributed by atoms with Crippen molar-refractivity contribution < 1.29 is 4.79 Å². The van der Waals surface area contributed by atoms with Gasteiger partial charge in [-0.25, -0.2) is 9.99 Å². The normalized spacial score (nSPS) is 23.1. The lowest BCUT2D eigenvalue weighted by Gasteiger charge is -2.30. The van der Waals surface area contributed by atoms with E-state index < -0.39 is 0 Å². The maximum Gasteiger partial charge on any atom is 0.229 e. The van der Waals surface area contributed by atoms with Gasteiger partial charge >= 0.3 is 0 Å². The molecule has 2 atom stereocenters. The van der Waals surface area contributed by atoms with Crippen LogP contribution in [0.1, 0.15) is 49.0 Å². The Hall–Kier alpha value is -2.93. The van der Waals surface area contributed by atoms with Gasteiger partial charge in [0, 0.05) is 23.4 Å². The fraction of sp³-hybridized carbons (Fsp3) is 0.381. The number of allylic oxidation sites excluding steroid dienone is 2. The van der Waals surface area contributed by atoms with E-state index in [9.17, 15) is 4.79 Å². The number of aryl methyl sites for hydroxylation is 1. The van der Waals surface area contributed by atoms with Gasteiger partial charge in [-0.05, 0) is 54.9 Å². The zero-order chi connectivity index (χ0) is 19.3. The molecule has 7 heteroatoms. The molecule has 0 amide bonds. The minimum Gasteiger partial charge on any atom is -0.324 e. The first-order valence-electron chi connectivity index (χ1n) is 9.89. The molecule has 0 bridgehead atoms. The number of benzene rings is 1. The average molecular weight is 376 g/mol. The van der Waals surface area contributed by atoms with Gasteiger partial charge in [0.2, 0.25) is 5.95 Å². The molecule has 0 radical (unpaired) electrons. The van der Waals surface area contributed by atoms with Gasteiger partial charge in [0.25, 0.3) is 0 Å². The van der Waals surface area contributed by atoms with Gasteiger partial charge in [0.15, 0.2) is 11.6 Å². The summed E-state index contributed by atoms with van der Waals surface area (Å²) in [6.45, 7) is 4.60. The Bertz CT molecular complexity index is 985. The van der Waals surface area contributed by atoms with E-state index in [1.807, 2.05) is 23.2 Å². The molecule has 0 spiro atoms. The SMILES string of the molecule is CC1CC=C(N2NNc3cnc(Nc4ccc5c(c4)CCC5=O)nc32)CC1C. The third-order valence-corrected chi connectivity index (χ3v) is 6.08. The minimum absolute atomic E-state index is 0.229. The molecular formula is C21H24N6O. The summed E-state index contributed by atoms with van der Waals surface area (Å²) in [6.07, 6.45) is 7.58. The van der Waals surface area contributed by atoms with Gasteiger partial charge in [0.1, 0.15) is 5.69 Å². The molecule has 2 heterocycles. The standard InChI is InChI=1S/C21H24N6O/c1-12-3-6-16(9-13(12)2)27-20-18(25-26-27)11-22-21(24-20)23-15-5-7-17-14(10-15)4-8-19(17)28/h5-7,10-13,25-26H,3-4,8-9H2,1-2H3,(H,22,23,24). The zero-order valence-corrected chi connectivity index (χ0v) is 16.1. The summed E-state index contributed by atoms with van der Waals surface area (Å²) in [4.78, 5) is 21.0. The molecule has 1 aromatic heterocycles. The number of nitrogens with one attached hydrogen (secondary N) is 3. The number of hydrogen-bond donors (Lipinski definition) is 3. The highest BCUT2D eigenvalue weighted by Crippen LogP contribution is 2.36. The predicted molar refractivity (Wildman–Crippen MR) is 109 cm³/mol. The van der Waals surface area contributed by atoms with Gasteiger partial charge in [-0.1, -0.05) is 19.9 Å². The Labute approximate surface area is 164 Å². The highest BCUT2D eigenvalue weighted by Gasteiger charge is 2.29. The number of carbonyl (C=O) groups is 1. The van der Waals surface area contributed by atoms with Gasteiger partial charge in [-0.3, -0.25) is 10.2 Å². The molecule has 2 unspecified atom stereocenters. The molecule has 28 heavy (non-hydrogen) atoms. The van der Waals surface area contributed by atoms with E-state index >= 15 is 0 Å². The highest BCUT2D eigenvalue weighted by atomic mass is 16.1. The summed E-state index contributed by atoms with van der Waals surface area (Å²) in [7, 11) is 0. The number of Topliss-reactive ketones (excluding diaryl/α,β-unsaturated/α-hetero) is 1. The van der Waals surface area contributed by atoms with Gasteiger partial charge in [-0.15, -0.1) is 5.53 Å². The van der Waals surface area contributed by atoms with Crippen molar-refractivity contribution in [2.24, 2.45) is 11.8 Å². The number of anilines is 4. The fourth-order valence-electron chi connectivity index (χ4n) is 4.08. The number of hydrogen-bond acceptors (Lipinski definition) is 7. The van der Waals surface area contributed by atoms with Crippen molar-refractivity contribution in [1.29, 1.82) is 0 Å². The number of ketones is 1. The van der Waals surface area contributed by atoms with E-state index in [1.54, 1.807) is 6.20 Å². The quantitative estimate of drug-likeness (QED) is 0.748. The smallest absolute Gasteiger partial charge is 0.229 e. The van der Waals surface area contributed by atoms with Gasteiger partial charge in [-0.2, -0.15) is 4.98 Å². The van der Waals surface area contributed by atoms with Crippen molar-refractivity contribution >= 4 is 28.9 Å². The lowest BCUT2D eigenvalue weighted by molar-refractivity contribution is 0.0994. The summed E-state index contributed by atoms with van der Waals surface area (Å²) in [5, 5.41) is 5.30. The van der Waals surface area contributed by atoms with Crippen molar-refractivity contribution in [3.63, 3.8) is 0 Å². The first-order valence-corrected chi connectivity index (χ1v) is 9.89. The molecule has 0 fully saturated rings. The van der Waals surface area contributed by atoms with E-state index in [0.29, 0.717) is 24.2 Å². The first-order chi connectivity index (χ1) is 13.6. The van der Waals surface area contributed by atoms with Crippen LogP contribution < -0.4 is 21.3 Å². The van der Waals surface area contributed by atoms with Crippen LogP contribution in [0.25, 0.3) is 0 Å². The Balaban J connectivity index is 1.40. The number of fused-ring (bicyclic) bond motifs is 2. The monoisotopic (exact) mass is 376 g/mol. The minimum atomic E-state index is 0.229. The van der Waals surface area contributed by atoms with Crippen molar-refractivity contribution in [3.05, 3.63) is 47.3 Å². The summed E-state index contributed by atoms with van der Waals surface area (Å²) in [5.41, 5.74) is 11.3. The van der Waals surface area contributed by atoms with Crippen molar-refractivity contribution in [2.45, 2.75) is 39.5 Å². The summed E-state index contributed by atoms with van der Waals surface area (Å²) >= 11 is 0. The van der Waals surface area contributed by atoms with E-state index in [1.165, 1.54) is 5.70 Å². The Morgan fingerprint density at radius 1 is 1.21 bits per heavy atom. The Kier molecular flexibility index (Phi) is 4.05. The maximum atomic E-state index is 11.8.